The molecular formula is C18H25NNa2O9S3. The molecule has 0 radical (unpaired) electrons. The summed E-state index contributed by atoms with van der Waals surface area (Å²) in [5, 5.41) is 0. The van der Waals surface area contributed by atoms with Crippen LogP contribution in [0.3, 0.4) is 0 Å². The number of nitrogens with zero attached hydrogens (tertiary/aromatic N) is 1. The summed E-state index contributed by atoms with van der Waals surface area (Å²) in [5.41, 5.74) is 1.35. The van der Waals surface area contributed by atoms with E-state index in [0.29, 0.717) is 37.1 Å². The monoisotopic (exact) mass is 541 g/mol. The van der Waals surface area contributed by atoms with Gasteiger partial charge in [0.15, 0.2) is 5.71 Å². The molecule has 176 valence electrons. The van der Waals surface area contributed by atoms with Crippen LogP contribution in [0.2, 0.25) is 0 Å². The van der Waals surface area contributed by atoms with Gasteiger partial charge in [0.05, 0.1) is 30.5 Å². The summed E-state index contributed by atoms with van der Waals surface area (Å²) in [5.74, 6) is -0.988. The largest absolute Gasteiger partial charge is 1.00 e. The maximum absolute atomic E-state index is 11.5. The van der Waals surface area contributed by atoms with Crippen molar-refractivity contribution < 1.29 is 103 Å². The van der Waals surface area contributed by atoms with E-state index in [1.54, 1.807) is 0 Å². The second-order valence-corrected chi connectivity index (χ2v) is 12.3. The van der Waals surface area contributed by atoms with E-state index in [1.807, 2.05) is 18.4 Å². The van der Waals surface area contributed by atoms with Crippen LogP contribution >= 0.6 is 0 Å². The Kier molecular flexibility index (Phi) is 13.0. The fourth-order valence-electron chi connectivity index (χ4n) is 3.93. The predicted molar refractivity (Wildman–Crippen MR) is 109 cm³/mol. The molecule has 0 spiro atoms. The predicted octanol–water partition coefficient (Wildman–Crippen LogP) is -4.98. The van der Waals surface area contributed by atoms with E-state index in [0.717, 1.165) is 5.71 Å². The standard InChI is InChI=1S/C18H27NO9S3.2Na/c1-14-18(2,9-3-5-11-29(20,21)22)16-13-15(31(26,27)28)7-8-17(16)19(14)10-4-6-12-30(23,24)25;;/h7-8,13H,3-6,9-12H2,1-2H3,(H2-,20,21,22,23,24,25,26,27,28);;/q;2*+1/p-2. The first-order chi connectivity index (χ1) is 14.0. The molecule has 0 saturated heterocycles. The molecule has 0 saturated carbocycles. The number of hydrogen-bond donors (Lipinski definition) is 0. The third-order valence-electron chi connectivity index (χ3n) is 5.69. The average Bonchev–Trinajstić information content (AvgIpc) is 2.81. The molecule has 0 bridgehead atoms. The summed E-state index contributed by atoms with van der Waals surface area (Å²) >= 11 is 0. The molecule has 1 aromatic rings. The van der Waals surface area contributed by atoms with Crippen LogP contribution in [0.25, 0.3) is 0 Å². The zero-order valence-corrected chi connectivity index (χ0v) is 25.7. The molecule has 0 aliphatic carbocycles. The van der Waals surface area contributed by atoms with Crippen molar-refractivity contribution in [3.8, 4) is 0 Å². The Balaban J connectivity index is 0.00000512. The van der Waals surface area contributed by atoms with E-state index in [9.17, 15) is 38.9 Å². The molecule has 1 aliphatic rings. The van der Waals surface area contributed by atoms with Gasteiger partial charge in [0.1, 0.15) is 16.7 Å². The Morgan fingerprint density at radius 1 is 0.848 bits per heavy atom. The molecule has 1 aliphatic heterocycles. The molecule has 1 heterocycles. The zero-order valence-electron chi connectivity index (χ0n) is 19.2. The van der Waals surface area contributed by atoms with E-state index in [4.69, 9.17) is 0 Å². The maximum atomic E-state index is 11.5. The van der Waals surface area contributed by atoms with Gasteiger partial charge in [0.25, 0.3) is 0 Å². The van der Waals surface area contributed by atoms with Crippen LogP contribution in [-0.2, 0) is 35.8 Å². The van der Waals surface area contributed by atoms with E-state index >= 15 is 0 Å². The number of unbranched alkanes of at least 4 members (excludes halogenated alkanes) is 2. The van der Waals surface area contributed by atoms with Crippen LogP contribution in [0.4, 0.5) is 5.69 Å². The maximum Gasteiger partial charge on any atom is 1.00 e. The molecule has 10 nitrogen and oxygen atoms in total. The molecule has 0 N–H and O–H groups in total. The molecule has 0 fully saturated rings. The minimum atomic E-state index is -4.69. The molecule has 1 unspecified atom stereocenters. The van der Waals surface area contributed by atoms with Crippen molar-refractivity contribution in [1.29, 1.82) is 0 Å². The number of hydrogen-bond acceptors (Lipinski definition) is 9. The summed E-state index contributed by atoms with van der Waals surface area (Å²) < 4.78 is 101. The number of benzene rings is 1. The average molecular weight is 542 g/mol. The number of rotatable bonds is 11. The van der Waals surface area contributed by atoms with Crippen molar-refractivity contribution in [2.45, 2.75) is 56.3 Å². The normalized spacial score (nSPS) is 18.5. The van der Waals surface area contributed by atoms with Gasteiger partial charge >= 0.3 is 59.1 Å². The van der Waals surface area contributed by atoms with E-state index in [-0.39, 0.29) is 76.9 Å². The van der Waals surface area contributed by atoms with Crippen molar-refractivity contribution >= 4 is 41.8 Å². The zero-order chi connectivity index (χ0) is 23.7. The summed E-state index contributed by atoms with van der Waals surface area (Å²) in [6.45, 7) is 4.04. The van der Waals surface area contributed by atoms with Gasteiger partial charge in [-0.05, 0) is 38.3 Å². The van der Waals surface area contributed by atoms with Gasteiger partial charge in [0, 0.05) is 36.5 Å². The second kappa shape index (κ2) is 12.7. The van der Waals surface area contributed by atoms with Gasteiger partial charge in [-0.2, -0.15) is 4.58 Å². The Hall–Kier alpha value is 0.620. The fraction of sp³-hybridized carbons (Fsp3) is 0.611. The van der Waals surface area contributed by atoms with Crippen LogP contribution in [-0.4, -0.2) is 67.2 Å². The van der Waals surface area contributed by atoms with Gasteiger partial charge in [-0.15, -0.1) is 0 Å². The SMILES string of the molecule is CC1=[N+](CCCCS(=O)(=O)[O-])c2ccc(S(=O)(=O)[O-])cc2C1(C)CCCCS(=O)(=O)[O-].[Na+].[Na+]. The van der Waals surface area contributed by atoms with Gasteiger partial charge in [-0.3, -0.25) is 0 Å². The third kappa shape index (κ3) is 9.54. The van der Waals surface area contributed by atoms with Crippen molar-refractivity contribution in [2.75, 3.05) is 18.1 Å². The first-order valence-corrected chi connectivity index (χ1v) is 14.2. The minimum absolute atomic E-state index is 0. The Bertz CT molecular complexity index is 1200. The smallest absolute Gasteiger partial charge is 0.748 e. The molecule has 33 heavy (non-hydrogen) atoms. The van der Waals surface area contributed by atoms with Crippen LogP contribution in [0, 0.1) is 0 Å². The molecule has 2 rings (SSSR count). The van der Waals surface area contributed by atoms with Crippen LogP contribution in [0.5, 0.6) is 0 Å². The topological polar surface area (TPSA) is 175 Å². The van der Waals surface area contributed by atoms with E-state index < -0.39 is 47.3 Å². The van der Waals surface area contributed by atoms with Gasteiger partial charge in [0.2, 0.25) is 5.69 Å². The quantitative estimate of drug-likeness (QED) is 0.115. The first-order valence-electron chi connectivity index (χ1n) is 9.64. The molecule has 1 atom stereocenters. The Labute approximate surface area is 240 Å². The van der Waals surface area contributed by atoms with Crippen LogP contribution in [0.15, 0.2) is 23.1 Å². The summed E-state index contributed by atoms with van der Waals surface area (Å²) in [6.07, 6.45) is 1.49. The minimum Gasteiger partial charge on any atom is -0.748 e. The summed E-state index contributed by atoms with van der Waals surface area (Å²) in [4.78, 5) is -0.383. The van der Waals surface area contributed by atoms with Crippen LogP contribution in [0.1, 0.15) is 51.5 Å². The Morgan fingerprint density at radius 2 is 1.36 bits per heavy atom. The summed E-state index contributed by atoms with van der Waals surface area (Å²) in [6, 6.07) is 4.04. The van der Waals surface area contributed by atoms with Gasteiger partial charge < -0.3 is 13.7 Å². The molecule has 15 heteroatoms. The fourth-order valence-corrected chi connectivity index (χ4v) is 5.54. The van der Waals surface area contributed by atoms with Gasteiger partial charge in [-0.25, -0.2) is 25.3 Å². The van der Waals surface area contributed by atoms with Crippen molar-refractivity contribution in [3.63, 3.8) is 0 Å². The van der Waals surface area contributed by atoms with E-state index in [1.165, 1.54) is 18.2 Å². The van der Waals surface area contributed by atoms with Crippen molar-refractivity contribution in [1.82, 2.24) is 0 Å². The molecular weight excluding hydrogens is 516 g/mol. The van der Waals surface area contributed by atoms with Crippen molar-refractivity contribution in [2.24, 2.45) is 0 Å². The number of fused-ring (bicyclic) bond motifs is 1. The Morgan fingerprint density at radius 3 is 1.85 bits per heavy atom. The second-order valence-electron chi connectivity index (χ2n) is 7.89. The van der Waals surface area contributed by atoms with Gasteiger partial charge in [-0.1, -0.05) is 6.42 Å². The summed E-state index contributed by atoms with van der Waals surface area (Å²) in [7, 11) is -13.3. The first kappa shape index (κ1) is 33.6. The molecule has 0 aromatic heterocycles. The van der Waals surface area contributed by atoms with E-state index in [2.05, 4.69) is 0 Å². The van der Waals surface area contributed by atoms with Crippen LogP contribution < -0.4 is 59.1 Å². The van der Waals surface area contributed by atoms with Crippen molar-refractivity contribution in [3.05, 3.63) is 23.8 Å². The third-order valence-corrected chi connectivity index (χ3v) is 8.10. The molecule has 1 aromatic carbocycles. The molecule has 0 amide bonds.